The van der Waals surface area contributed by atoms with Gasteiger partial charge in [0.2, 0.25) is 0 Å². The average Bonchev–Trinajstić information content (AvgIpc) is 3.19. The average molecular weight is 591 g/mol. The van der Waals surface area contributed by atoms with Crippen molar-refractivity contribution in [1.29, 1.82) is 0 Å². The number of aliphatic hydroxyl groups is 1. The molecule has 0 saturated carbocycles. The second-order valence-corrected chi connectivity index (χ2v) is 11.7. The molecule has 2 atom stereocenters. The zero-order valence-corrected chi connectivity index (χ0v) is 16.3. The van der Waals surface area contributed by atoms with Crippen molar-refractivity contribution in [3.05, 3.63) is 0 Å². The normalized spacial score (nSPS) is 24.9. The Hall–Kier alpha value is 0.350. The number of carbonyl (C=O) groups excluding carboxylic acids is 1. The van der Waals surface area contributed by atoms with E-state index >= 15 is 0 Å². The van der Waals surface area contributed by atoms with E-state index in [4.69, 9.17) is 5.73 Å². The van der Waals surface area contributed by atoms with Crippen LogP contribution in [0.1, 0.15) is 13.8 Å². The first kappa shape index (κ1) is 20.7. The van der Waals surface area contributed by atoms with Crippen LogP contribution in [0.5, 0.6) is 0 Å². The number of alkyl halides is 8. The maximum absolute atomic E-state index is 13.0. The second kappa shape index (κ2) is 5.67. The number of carbonyl (C=O) groups is 1. The van der Waals surface area contributed by atoms with Crippen LogP contribution in [0.3, 0.4) is 0 Å². The molecule has 2 heterocycles. The number of nitrogens with two attached hydrogens (primary N) is 1. The van der Waals surface area contributed by atoms with Gasteiger partial charge in [0.25, 0.3) is 0 Å². The van der Waals surface area contributed by atoms with E-state index in [0.29, 0.717) is 0 Å². The molecule has 24 heavy (non-hydrogen) atoms. The van der Waals surface area contributed by atoms with Crippen LogP contribution in [-0.4, -0.2) is 42.3 Å². The molecule has 2 saturated heterocycles. The van der Waals surface area contributed by atoms with Crippen LogP contribution in [0.2, 0.25) is 0 Å². The summed E-state index contributed by atoms with van der Waals surface area (Å²) in [5.41, 5.74) is 0.526. The van der Waals surface area contributed by atoms with Crippen molar-refractivity contribution < 1.29 is 41.0 Å². The first-order valence-electron chi connectivity index (χ1n) is 6.32. The van der Waals surface area contributed by atoms with Gasteiger partial charge in [-0.1, -0.05) is 0 Å². The first-order valence-corrected chi connectivity index (χ1v) is 10.6. The van der Waals surface area contributed by atoms with E-state index in [1.807, 2.05) is 0 Å². The minimum absolute atomic E-state index is 0.954. The molecule has 0 aromatic rings. The molecule has 0 radical (unpaired) electrons. The summed E-state index contributed by atoms with van der Waals surface area (Å²) in [6, 6.07) is 0. The fraction of sp³-hybridized carbons (Fsp3) is 0.900. The first-order chi connectivity index (χ1) is 10.5. The third-order valence-electron chi connectivity index (χ3n) is 3.58. The molecule has 0 aromatic carbocycles. The Labute approximate surface area is 153 Å². The van der Waals surface area contributed by atoms with Crippen molar-refractivity contribution in [2.24, 2.45) is 11.7 Å². The minimum atomic E-state index is -6.10. The van der Waals surface area contributed by atoms with Crippen LogP contribution in [0.4, 0.5) is 26.3 Å². The molecule has 2 rings (SSSR count). The Morgan fingerprint density at radius 3 is 1.83 bits per heavy atom. The van der Waals surface area contributed by atoms with Crippen molar-refractivity contribution in [3.8, 4) is 0 Å². The van der Waals surface area contributed by atoms with Crippen molar-refractivity contribution in [3.63, 3.8) is 0 Å². The number of hydrogen-bond donors (Lipinski definition) is 4. The number of nitrogens with one attached hydrogen (secondary N) is 2. The van der Waals surface area contributed by atoms with Gasteiger partial charge in [0.05, 0.1) is 0 Å². The van der Waals surface area contributed by atoms with Crippen molar-refractivity contribution in [1.82, 2.24) is 7.06 Å². The quantitative estimate of drug-likeness (QED) is 0.0737. The van der Waals surface area contributed by atoms with Gasteiger partial charge >= 0.3 is 154 Å². The van der Waals surface area contributed by atoms with Crippen molar-refractivity contribution in [2.45, 2.75) is 45.1 Å². The molecule has 0 spiro atoms. The molecule has 2 aliphatic rings. The van der Waals surface area contributed by atoms with Gasteiger partial charge in [-0.25, -0.2) is 0 Å². The second-order valence-electron chi connectivity index (χ2n) is 5.67. The molecule has 5 N–H and O–H groups in total. The molecule has 0 amide bonds. The van der Waals surface area contributed by atoms with Gasteiger partial charge < -0.3 is 0 Å². The van der Waals surface area contributed by atoms with Gasteiger partial charge in [0.1, 0.15) is 0 Å². The molecule has 6 nitrogen and oxygen atoms in total. The third kappa shape index (κ3) is 2.89. The Morgan fingerprint density at radius 2 is 1.58 bits per heavy atom. The molecular formula is C10H13F6I2N3O3. The SMILES string of the molecule is CC(C)C(OC(=O)C(N)(I)C12NI1N2)C(O)(C(F)(F)F)C(F)(F)F. The number of esters is 1. The van der Waals surface area contributed by atoms with Gasteiger partial charge in [-0.15, -0.1) is 0 Å². The number of fused-ring (bicyclic) bond motifs is 1. The van der Waals surface area contributed by atoms with E-state index in [0.717, 1.165) is 13.8 Å². The summed E-state index contributed by atoms with van der Waals surface area (Å²) in [6.45, 7) is 1.93. The van der Waals surface area contributed by atoms with Crippen molar-refractivity contribution in [2.75, 3.05) is 0 Å². The number of ether oxygens (including phenoxy) is 1. The monoisotopic (exact) mass is 591 g/mol. The summed E-state index contributed by atoms with van der Waals surface area (Å²) in [5.74, 6) is -2.95. The standard InChI is InChI=1S/C10H13F6I2N3O3/c1-3(2)4(6(23,8(11,12)13)9(14,15)16)24-5(22)7(17,19)10-18(20-10)21-10/h3-4,20-21,23H,19H2,1-2H3. The molecule has 0 bridgehead atoms. The summed E-state index contributed by atoms with van der Waals surface area (Å²) in [6.07, 6.45) is -15.1. The Balaban J connectivity index is 2.33. The fourth-order valence-electron chi connectivity index (χ4n) is 2.03. The van der Waals surface area contributed by atoms with E-state index in [2.05, 4.69) is 11.8 Å². The van der Waals surface area contributed by atoms with Crippen LogP contribution in [0, 0.1) is 5.92 Å². The molecule has 2 unspecified atom stereocenters. The van der Waals surface area contributed by atoms with Crippen LogP contribution in [0.15, 0.2) is 0 Å². The molecule has 14 heteroatoms. The van der Waals surface area contributed by atoms with E-state index in [-0.39, 0.29) is 0 Å². The maximum atomic E-state index is 13.0. The van der Waals surface area contributed by atoms with Crippen molar-refractivity contribution >= 4 is 48.9 Å². The predicted octanol–water partition coefficient (Wildman–Crippen LogP) is 1.70. The molecular weight excluding hydrogens is 578 g/mol. The van der Waals surface area contributed by atoms with Gasteiger partial charge in [-0.05, 0) is 0 Å². The third-order valence-corrected chi connectivity index (χ3v) is 10.5. The van der Waals surface area contributed by atoms with Crippen LogP contribution >= 0.6 is 43.0 Å². The summed E-state index contributed by atoms with van der Waals surface area (Å²) in [4.78, 5) is 12.1. The zero-order chi connectivity index (χ0) is 18.9. The number of hydrogen-bond acceptors (Lipinski definition) is 6. The predicted molar refractivity (Wildman–Crippen MR) is 85.7 cm³/mol. The molecule has 0 aromatic heterocycles. The molecule has 2 aliphatic heterocycles. The number of halogens is 8. The summed E-state index contributed by atoms with van der Waals surface area (Å²) >= 11 is -0.413. The van der Waals surface area contributed by atoms with Gasteiger partial charge in [0.15, 0.2) is 0 Å². The Kier molecular flexibility index (Phi) is 4.88. The van der Waals surface area contributed by atoms with E-state index in [9.17, 15) is 36.2 Å². The fourth-order valence-corrected chi connectivity index (χ4v) is 9.33. The van der Waals surface area contributed by atoms with Gasteiger partial charge in [0, 0.05) is 0 Å². The summed E-state index contributed by atoms with van der Waals surface area (Å²) < 4.78 is 85.3. The van der Waals surface area contributed by atoms with E-state index in [1.165, 1.54) is 22.6 Å². The van der Waals surface area contributed by atoms with Crippen LogP contribution < -0.4 is 12.8 Å². The number of rotatable bonds is 5. The Bertz CT molecular complexity index is 533. The molecule has 2 fully saturated rings. The van der Waals surface area contributed by atoms with E-state index < -0.39 is 63.5 Å². The molecule has 0 aliphatic carbocycles. The topological polar surface area (TPSA) is 116 Å². The zero-order valence-electron chi connectivity index (χ0n) is 12.0. The summed E-state index contributed by atoms with van der Waals surface area (Å²) in [5, 5.41) is 9.47. The Morgan fingerprint density at radius 1 is 1.21 bits per heavy atom. The van der Waals surface area contributed by atoms with Crippen LogP contribution in [0.25, 0.3) is 0 Å². The van der Waals surface area contributed by atoms with Crippen LogP contribution in [-0.2, 0) is 9.53 Å². The summed E-state index contributed by atoms with van der Waals surface area (Å²) in [7, 11) is 0. The van der Waals surface area contributed by atoms with Gasteiger partial charge in [-0.2, -0.15) is 0 Å². The van der Waals surface area contributed by atoms with Gasteiger partial charge in [-0.3, -0.25) is 0 Å². The van der Waals surface area contributed by atoms with E-state index in [1.54, 1.807) is 0 Å². The molecule has 142 valence electrons.